The van der Waals surface area contributed by atoms with Crippen LogP contribution in [0.2, 0.25) is 0 Å². The minimum Gasteiger partial charge on any atom is -0.441 e. The number of fused-ring (bicyclic) bond motifs is 3. The molecule has 0 aromatic carbocycles. The molecule has 3 aliphatic heterocycles. The lowest BCUT2D eigenvalue weighted by molar-refractivity contribution is -0.126. The van der Waals surface area contributed by atoms with Gasteiger partial charge in [-0.25, -0.2) is 38.2 Å². The Kier molecular flexibility index (Phi) is 18.5. The predicted molar refractivity (Wildman–Crippen MR) is 372 cm³/mol. The summed E-state index contributed by atoms with van der Waals surface area (Å²) in [5, 5.41) is 54.4. The fraction of sp³-hybridized carbons (Fsp3) is 0.233. The zero-order valence-electron chi connectivity index (χ0n) is 55.2. The average Bonchev–Trinajstić information content (AvgIpc) is 1.68. The van der Waals surface area contributed by atoms with Crippen LogP contribution in [0, 0.1) is 84.9 Å². The molecular weight excluding hydrogens is 1280 g/mol. The highest BCUT2D eigenvalue weighted by Crippen LogP contribution is 2.36. The third-order valence-corrected chi connectivity index (χ3v) is 17.6. The topological polar surface area (TPSA) is 315 Å². The highest BCUT2D eigenvalue weighted by Gasteiger charge is 2.26. The van der Waals surface area contributed by atoms with Crippen LogP contribution in [-0.2, 0) is 14.4 Å². The number of hydrogen-bond donors (Lipinski definition) is 0. The Morgan fingerprint density at radius 3 is 1.17 bits per heavy atom. The first kappa shape index (κ1) is 65.7. The number of terminal acetylenes is 3. The summed E-state index contributed by atoms with van der Waals surface area (Å²) in [7, 11) is 0. The molecule has 12 aromatic rings. The van der Waals surface area contributed by atoms with E-state index in [4.69, 9.17) is 28.2 Å². The Labute approximate surface area is 578 Å². The number of aryl methyl sites for hydroxylation is 2. The van der Waals surface area contributed by atoms with E-state index in [1.165, 1.54) is 0 Å². The van der Waals surface area contributed by atoms with Crippen LogP contribution < -0.4 is 14.7 Å². The van der Waals surface area contributed by atoms with Crippen LogP contribution in [0.5, 0.6) is 0 Å². The Hall–Kier alpha value is -14.0. The van der Waals surface area contributed by atoms with Gasteiger partial charge in [-0.15, -0.1) is 24.4 Å². The first-order valence-corrected chi connectivity index (χ1v) is 32.1. The van der Waals surface area contributed by atoms with Gasteiger partial charge in [0.05, 0.1) is 69.9 Å². The maximum Gasteiger partial charge on any atom is 0.298 e. The van der Waals surface area contributed by atoms with Crippen molar-refractivity contribution >= 4 is 51.7 Å². The van der Waals surface area contributed by atoms with Gasteiger partial charge in [-0.05, 0) is 93.1 Å². The third kappa shape index (κ3) is 13.5. The molecule has 15 heterocycles. The van der Waals surface area contributed by atoms with E-state index in [0.717, 1.165) is 78.9 Å². The summed E-state index contributed by atoms with van der Waals surface area (Å²) in [4.78, 5) is 64.7. The second-order valence-electron chi connectivity index (χ2n) is 24.1. The minimum absolute atomic E-state index is 0.192. The van der Waals surface area contributed by atoms with Crippen molar-refractivity contribution in [2.75, 3.05) is 93.2 Å². The predicted octanol–water partition coefficient (Wildman–Crippen LogP) is 7.42. The number of oxazole rings is 1. The van der Waals surface area contributed by atoms with Crippen LogP contribution in [0.15, 0.2) is 138 Å². The van der Waals surface area contributed by atoms with Crippen LogP contribution in [-0.4, -0.2) is 180 Å². The lowest BCUT2D eigenvalue weighted by Crippen LogP contribution is -2.48. The van der Waals surface area contributed by atoms with Gasteiger partial charge in [0.1, 0.15) is 41.4 Å². The maximum absolute atomic E-state index is 11.7. The second kappa shape index (κ2) is 28.4. The lowest BCUT2D eigenvalue weighted by Gasteiger charge is -2.34. The van der Waals surface area contributed by atoms with Crippen molar-refractivity contribution in [1.82, 2.24) is 83.6 Å². The highest BCUT2D eigenvalue weighted by atomic mass is 16.5. The molecule has 3 amide bonds. The zero-order chi connectivity index (χ0) is 70.4. The lowest BCUT2D eigenvalue weighted by atomic mass is 10.0. The van der Waals surface area contributed by atoms with Crippen molar-refractivity contribution in [2.24, 2.45) is 0 Å². The normalized spacial score (nSPS) is 13.7. The molecule has 0 atom stereocenters. The van der Waals surface area contributed by atoms with Crippen LogP contribution in [0.4, 0.5) is 17.5 Å². The van der Waals surface area contributed by atoms with E-state index in [9.17, 15) is 30.2 Å². The number of nitriles is 3. The van der Waals surface area contributed by atoms with E-state index >= 15 is 0 Å². The quantitative estimate of drug-likeness (QED) is 0.120. The molecule has 0 unspecified atom stereocenters. The summed E-state index contributed by atoms with van der Waals surface area (Å²) in [6.07, 6.45) is 34.8. The molecule has 0 saturated carbocycles. The number of anilines is 3. The van der Waals surface area contributed by atoms with Gasteiger partial charge in [0.2, 0.25) is 0 Å². The van der Waals surface area contributed by atoms with Gasteiger partial charge in [0.15, 0.2) is 17.4 Å². The van der Waals surface area contributed by atoms with E-state index in [0.29, 0.717) is 129 Å². The SMILES string of the molecule is C#CC(=O)N1CCN(c2ccc(-c3cc(-c4cc(C)no4)cn4ncc(C#N)c34)cn2)CC1.C#CC(=O)N1CCN(c2ccc(-c3cc(-c4cn(C(C)C)nn4)cn4ncc(C#N)c34)cn2)CC1.C#CC(=O)N1CCN(c2ccc(-c3cc(-c4cnc(C)o4)cn4ncc(C#N)c34)cn2)CC1. The summed E-state index contributed by atoms with van der Waals surface area (Å²) >= 11 is 0. The van der Waals surface area contributed by atoms with Crippen molar-refractivity contribution in [3.05, 3.63) is 157 Å². The van der Waals surface area contributed by atoms with Crippen molar-refractivity contribution in [3.63, 3.8) is 0 Å². The maximum atomic E-state index is 11.7. The zero-order valence-corrected chi connectivity index (χ0v) is 55.2. The molecule has 0 radical (unpaired) electrons. The first-order valence-electron chi connectivity index (χ1n) is 32.1. The van der Waals surface area contributed by atoms with Crippen molar-refractivity contribution in [3.8, 4) is 123 Å². The number of pyridine rings is 6. The fourth-order valence-electron chi connectivity index (χ4n) is 12.2. The molecule has 15 rings (SSSR count). The molecular formula is C73H61N23O5. The minimum atomic E-state index is -0.280. The van der Waals surface area contributed by atoms with Crippen LogP contribution in [0.25, 0.3) is 83.8 Å². The van der Waals surface area contributed by atoms with Gasteiger partial charge in [-0.1, -0.05) is 10.4 Å². The first-order chi connectivity index (χ1) is 49.1. The summed E-state index contributed by atoms with van der Waals surface area (Å²) < 4.78 is 18.0. The van der Waals surface area contributed by atoms with Gasteiger partial charge in [0, 0.05) is 185 Å². The molecule has 3 aliphatic rings. The molecule has 498 valence electrons. The molecule has 3 saturated heterocycles. The van der Waals surface area contributed by atoms with E-state index in [-0.39, 0.29) is 23.8 Å². The molecule has 12 aromatic heterocycles. The number of carbonyl (C=O) groups excluding carboxylic acids is 3. The highest BCUT2D eigenvalue weighted by molar-refractivity contribution is 5.95. The number of rotatable bonds is 10. The standard InChI is InChI=1S/C25H23N9O.2C24H19N7O2/c1-4-24(35)32-9-7-31(8-10-32)23-6-5-18(13-27-23)21-11-19(22-16-33(17(2)3)30-29-22)15-34-25(21)20(12-26)14-28-34;1-3-23(32)30-8-6-29(7-9-30)22-5-4-17(12-27-22)20-10-18(21-14-26-16(2)33-21)15-31-24(20)19(11-25)13-28-31;1-3-23(32)30-8-6-29(7-9-30)22-5-4-17(13-26-22)20-11-18(21-10-16(2)28-33-21)15-31-24(20)19(12-25)14-27-31/h1,5-6,11,13-17H,7-10H2,2-3H3;1,4-5,10,12-15H,6-9H2,2H3;1,4-5,10-11,13-15H,6-9H2,2H3. The van der Waals surface area contributed by atoms with Crippen molar-refractivity contribution < 1.29 is 23.3 Å². The van der Waals surface area contributed by atoms with Crippen LogP contribution in [0.1, 0.15) is 48.2 Å². The van der Waals surface area contributed by atoms with E-state index in [1.54, 1.807) is 83.2 Å². The summed E-state index contributed by atoms with van der Waals surface area (Å²) in [5.74, 6) is 9.93. The molecule has 0 spiro atoms. The van der Waals surface area contributed by atoms with Crippen molar-refractivity contribution in [1.29, 1.82) is 15.8 Å². The van der Waals surface area contributed by atoms with E-state index in [2.05, 4.69) is 101 Å². The molecule has 28 nitrogen and oxygen atoms in total. The fourth-order valence-corrected chi connectivity index (χ4v) is 12.2. The van der Waals surface area contributed by atoms with Gasteiger partial charge in [0.25, 0.3) is 17.7 Å². The summed E-state index contributed by atoms with van der Waals surface area (Å²) in [6.45, 7) is 15.1. The van der Waals surface area contributed by atoms with Gasteiger partial charge in [-0.2, -0.15) is 31.1 Å². The Balaban J connectivity index is 0.000000136. The third-order valence-electron chi connectivity index (χ3n) is 17.6. The largest absolute Gasteiger partial charge is 0.441 e. The molecule has 0 bridgehead atoms. The molecule has 0 N–H and O–H groups in total. The Morgan fingerprint density at radius 1 is 0.465 bits per heavy atom. The van der Waals surface area contributed by atoms with Crippen molar-refractivity contribution in [2.45, 2.75) is 33.7 Å². The van der Waals surface area contributed by atoms with E-state index in [1.807, 2.05) is 106 Å². The monoisotopic (exact) mass is 1340 g/mol. The number of carbonyl (C=O) groups is 3. The number of nitrogens with zero attached hydrogens (tertiary/aromatic N) is 23. The van der Waals surface area contributed by atoms with Gasteiger partial charge >= 0.3 is 0 Å². The van der Waals surface area contributed by atoms with Crippen LogP contribution in [0.3, 0.4) is 0 Å². The smallest absolute Gasteiger partial charge is 0.298 e. The number of hydrogen-bond acceptors (Lipinski definition) is 21. The summed E-state index contributed by atoms with van der Waals surface area (Å²) in [6, 6.07) is 26.4. The van der Waals surface area contributed by atoms with Crippen LogP contribution >= 0.6 is 0 Å². The molecule has 3 fully saturated rings. The average molecular weight is 1340 g/mol. The number of amides is 3. The number of piperazine rings is 3. The second-order valence-corrected chi connectivity index (χ2v) is 24.1. The molecule has 28 heteroatoms. The summed E-state index contributed by atoms with van der Waals surface area (Å²) in [5.41, 5.74) is 12.5. The molecule has 101 heavy (non-hydrogen) atoms. The van der Waals surface area contributed by atoms with Gasteiger partial charge in [-0.3, -0.25) is 14.4 Å². The number of aromatic nitrogens is 14. The molecule has 0 aliphatic carbocycles. The Morgan fingerprint density at radius 2 is 0.851 bits per heavy atom. The van der Waals surface area contributed by atoms with Gasteiger partial charge < -0.3 is 38.3 Å². The Bertz CT molecular complexity index is 5180. The van der Waals surface area contributed by atoms with E-state index < -0.39 is 0 Å².